The number of nitrogens with one attached hydrogen (secondary N) is 1. The second-order valence-corrected chi connectivity index (χ2v) is 4.97. The number of rotatable bonds is 4. The van der Waals surface area contributed by atoms with E-state index in [9.17, 15) is 9.18 Å². The number of nitrogens with zero attached hydrogens (tertiary/aromatic N) is 1. The minimum absolute atomic E-state index is 0.126. The van der Waals surface area contributed by atoms with Crippen LogP contribution in [0, 0.1) is 17.1 Å². The van der Waals surface area contributed by atoms with Gasteiger partial charge in [0, 0.05) is 10.6 Å². The van der Waals surface area contributed by atoms with E-state index in [0.29, 0.717) is 16.1 Å². The number of benzene rings is 2. The molecule has 0 unspecified atom stereocenters. The minimum atomic E-state index is -0.330. The average Bonchev–Trinajstić information content (AvgIpc) is 2.47. The van der Waals surface area contributed by atoms with E-state index in [1.54, 1.807) is 42.5 Å². The van der Waals surface area contributed by atoms with Crippen LogP contribution in [0.15, 0.2) is 53.4 Å². The Morgan fingerprint density at radius 2 is 1.90 bits per heavy atom. The lowest BCUT2D eigenvalue weighted by atomic mass is 10.2. The fourth-order valence-corrected chi connectivity index (χ4v) is 2.27. The maximum Gasteiger partial charge on any atom is 0.234 e. The number of amides is 1. The van der Waals surface area contributed by atoms with E-state index in [1.165, 1.54) is 6.07 Å². The van der Waals surface area contributed by atoms with Crippen molar-refractivity contribution in [1.82, 2.24) is 0 Å². The van der Waals surface area contributed by atoms with Gasteiger partial charge in [-0.2, -0.15) is 5.26 Å². The molecule has 1 amide bonds. The first-order chi connectivity index (χ1) is 9.69. The normalized spacial score (nSPS) is 9.80. The van der Waals surface area contributed by atoms with Gasteiger partial charge in [-0.15, -0.1) is 11.8 Å². The second-order valence-electron chi connectivity index (χ2n) is 3.96. The zero-order valence-electron chi connectivity index (χ0n) is 10.5. The highest BCUT2D eigenvalue weighted by Gasteiger charge is 2.06. The number of anilines is 1. The summed E-state index contributed by atoms with van der Waals surface area (Å²) in [6.07, 6.45) is 0. The molecule has 0 fully saturated rings. The molecule has 20 heavy (non-hydrogen) atoms. The van der Waals surface area contributed by atoms with Crippen molar-refractivity contribution >= 4 is 23.4 Å². The third-order valence-corrected chi connectivity index (χ3v) is 3.54. The molecule has 0 aliphatic heterocycles. The molecule has 0 atom stereocenters. The number of carbonyl (C=O) groups excluding carboxylic acids is 1. The maximum absolute atomic E-state index is 13.4. The van der Waals surface area contributed by atoms with Crippen LogP contribution in [-0.2, 0) is 4.79 Å². The van der Waals surface area contributed by atoms with Crippen LogP contribution in [-0.4, -0.2) is 11.7 Å². The van der Waals surface area contributed by atoms with E-state index in [4.69, 9.17) is 5.26 Å². The Balaban J connectivity index is 1.89. The van der Waals surface area contributed by atoms with Crippen LogP contribution in [0.5, 0.6) is 0 Å². The fourth-order valence-electron chi connectivity index (χ4n) is 1.53. The van der Waals surface area contributed by atoms with Crippen molar-refractivity contribution in [3.8, 4) is 6.07 Å². The van der Waals surface area contributed by atoms with Gasteiger partial charge in [-0.1, -0.05) is 12.1 Å². The van der Waals surface area contributed by atoms with Crippen LogP contribution in [0.3, 0.4) is 0 Å². The summed E-state index contributed by atoms with van der Waals surface area (Å²) in [7, 11) is 0. The van der Waals surface area contributed by atoms with Gasteiger partial charge in [-0.05, 0) is 36.4 Å². The first-order valence-corrected chi connectivity index (χ1v) is 6.85. The monoisotopic (exact) mass is 286 g/mol. The molecule has 2 aromatic carbocycles. The molecular weight excluding hydrogens is 275 g/mol. The third-order valence-electron chi connectivity index (χ3n) is 2.49. The van der Waals surface area contributed by atoms with Gasteiger partial charge in [0.1, 0.15) is 5.82 Å². The lowest BCUT2D eigenvalue weighted by molar-refractivity contribution is -0.113. The molecule has 0 aliphatic rings. The van der Waals surface area contributed by atoms with Crippen molar-refractivity contribution in [3.05, 3.63) is 59.9 Å². The highest BCUT2D eigenvalue weighted by molar-refractivity contribution is 8.00. The molecular formula is C15H11FN2OS. The van der Waals surface area contributed by atoms with Crippen molar-refractivity contribution in [2.75, 3.05) is 11.1 Å². The van der Waals surface area contributed by atoms with Gasteiger partial charge in [-0.25, -0.2) is 4.39 Å². The highest BCUT2D eigenvalue weighted by atomic mass is 32.2. The smallest absolute Gasteiger partial charge is 0.234 e. The van der Waals surface area contributed by atoms with Crippen LogP contribution < -0.4 is 5.32 Å². The lowest BCUT2D eigenvalue weighted by Gasteiger charge is -2.05. The largest absolute Gasteiger partial charge is 0.325 e. The fraction of sp³-hybridized carbons (Fsp3) is 0.0667. The molecule has 0 heterocycles. The number of nitriles is 1. The van der Waals surface area contributed by atoms with Gasteiger partial charge < -0.3 is 5.32 Å². The van der Waals surface area contributed by atoms with Crippen molar-refractivity contribution in [2.45, 2.75) is 4.90 Å². The number of carbonyl (C=O) groups is 1. The highest BCUT2D eigenvalue weighted by Crippen LogP contribution is 2.21. The van der Waals surface area contributed by atoms with Crippen LogP contribution in [0.1, 0.15) is 5.56 Å². The lowest BCUT2D eigenvalue weighted by Crippen LogP contribution is -2.14. The van der Waals surface area contributed by atoms with Gasteiger partial charge in [0.25, 0.3) is 0 Å². The van der Waals surface area contributed by atoms with Crippen LogP contribution in [0.4, 0.5) is 10.1 Å². The summed E-state index contributed by atoms with van der Waals surface area (Å²) in [5, 5.41) is 11.4. The molecule has 0 saturated carbocycles. The van der Waals surface area contributed by atoms with Gasteiger partial charge in [-0.3, -0.25) is 4.79 Å². The Kier molecular flexibility index (Phi) is 4.75. The Morgan fingerprint density at radius 1 is 1.20 bits per heavy atom. The van der Waals surface area contributed by atoms with Crippen molar-refractivity contribution < 1.29 is 9.18 Å². The Morgan fingerprint density at radius 3 is 2.55 bits per heavy atom. The number of thioether (sulfide) groups is 1. The van der Waals surface area contributed by atoms with Gasteiger partial charge in [0.05, 0.1) is 17.4 Å². The summed E-state index contributed by atoms with van der Waals surface area (Å²) in [4.78, 5) is 12.2. The van der Waals surface area contributed by atoms with E-state index in [2.05, 4.69) is 5.32 Å². The van der Waals surface area contributed by atoms with E-state index in [1.807, 2.05) is 6.07 Å². The molecule has 0 radical (unpaired) electrons. The van der Waals surface area contributed by atoms with Crippen LogP contribution >= 0.6 is 11.8 Å². The summed E-state index contributed by atoms with van der Waals surface area (Å²) in [6.45, 7) is 0. The van der Waals surface area contributed by atoms with E-state index >= 15 is 0 Å². The average molecular weight is 286 g/mol. The summed E-state index contributed by atoms with van der Waals surface area (Å²) < 4.78 is 13.4. The van der Waals surface area contributed by atoms with E-state index in [-0.39, 0.29) is 17.5 Å². The molecule has 2 rings (SSSR count). The van der Waals surface area contributed by atoms with Gasteiger partial charge >= 0.3 is 0 Å². The second kappa shape index (κ2) is 6.73. The molecule has 2 aromatic rings. The van der Waals surface area contributed by atoms with E-state index in [0.717, 1.165) is 11.8 Å². The van der Waals surface area contributed by atoms with Crippen molar-refractivity contribution in [3.63, 3.8) is 0 Å². The quantitative estimate of drug-likeness (QED) is 0.876. The Hall–Kier alpha value is -2.32. The molecule has 0 bridgehead atoms. The summed E-state index contributed by atoms with van der Waals surface area (Å²) in [5.74, 6) is -0.423. The topological polar surface area (TPSA) is 52.9 Å². The molecule has 0 aromatic heterocycles. The van der Waals surface area contributed by atoms with Crippen LogP contribution in [0.2, 0.25) is 0 Å². The number of hydrogen-bond donors (Lipinski definition) is 1. The molecule has 0 spiro atoms. The summed E-state index contributed by atoms with van der Waals surface area (Å²) in [6, 6.07) is 14.9. The zero-order valence-corrected chi connectivity index (χ0v) is 11.3. The van der Waals surface area contributed by atoms with Crippen LogP contribution in [0.25, 0.3) is 0 Å². The summed E-state index contributed by atoms with van der Waals surface area (Å²) >= 11 is 1.14. The standard InChI is InChI=1S/C15H11FN2OS/c16-13-3-1-2-4-14(13)20-10-15(19)18-12-7-5-11(9-17)6-8-12/h1-8H,10H2,(H,18,19). The Labute approximate surface area is 120 Å². The number of hydrogen-bond acceptors (Lipinski definition) is 3. The van der Waals surface area contributed by atoms with Gasteiger partial charge in [0.15, 0.2) is 0 Å². The molecule has 1 N–H and O–H groups in total. The minimum Gasteiger partial charge on any atom is -0.325 e. The molecule has 0 aliphatic carbocycles. The predicted molar refractivity (Wildman–Crippen MR) is 76.9 cm³/mol. The first-order valence-electron chi connectivity index (χ1n) is 5.86. The predicted octanol–water partition coefficient (Wildman–Crippen LogP) is 3.43. The van der Waals surface area contributed by atoms with Crippen molar-refractivity contribution in [1.29, 1.82) is 5.26 Å². The maximum atomic E-state index is 13.4. The third kappa shape index (κ3) is 3.84. The Bertz CT molecular complexity index is 650. The zero-order chi connectivity index (χ0) is 14.4. The number of halogens is 1. The SMILES string of the molecule is N#Cc1ccc(NC(=O)CSc2ccccc2F)cc1. The summed E-state index contributed by atoms with van der Waals surface area (Å²) in [5.41, 5.74) is 1.15. The molecule has 100 valence electrons. The molecule has 3 nitrogen and oxygen atoms in total. The van der Waals surface area contributed by atoms with E-state index < -0.39 is 0 Å². The van der Waals surface area contributed by atoms with Gasteiger partial charge in [0.2, 0.25) is 5.91 Å². The molecule has 0 saturated heterocycles. The molecule has 5 heteroatoms. The van der Waals surface area contributed by atoms with Crippen molar-refractivity contribution in [2.24, 2.45) is 0 Å². The first kappa shape index (κ1) is 14.1.